The van der Waals surface area contributed by atoms with Gasteiger partial charge in [-0.2, -0.15) is 0 Å². The third-order valence-electron chi connectivity index (χ3n) is 4.11. The summed E-state index contributed by atoms with van der Waals surface area (Å²) >= 11 is 0. The van der Waals surface area contributed by atoms with Gasteiger partial charge in [0.15, 0.2) is 0 Å². The Balaban J connectivity index is 1.94. The van der Waals surface area contributed by atoms with Crippen LogP contribution < -0.4 is 9.47 Å². The van der Waals surface area contributed by atoms with E-state index in [9.17, 15) is 0 Å². The summed E-state index contributed by atoms with van der Waals surface area (Å²) < 4.78 is 11.4. The van der Waals surface area contributed by atoms with Crippen molar-refractivity contribution >= 4 is 0 Å². The second kappa shape index (κ2) is 5.23. The quantitative estimate of drug-likeness (QED) is 0.518. The molecule has 3 aromatic rings. The van der Waals surface area contributed by atoms with Crippen molar-refractivity contribution in [3.8, 4) is 17.2 Å². The highest BCUT2D eigenvalue weighted by atomic mass is 16.5. The van der Waals surface area contributed by atoms with E-state index in [0.29, 0.717) is 0 Å². The van der Waals surface area contributed by atoms with E-state index < -0.39 is 0 Å². The summed E-state index contributed by atoms with van der Waals surface area (Å²) in [6, 6.07) is 24.7. The molecule has 0 aromatic heterocycles. The van der Waals surface area contributed by atoms with Crippen molar-refractivity contribution in [2.45, 2.75) is 5.92 Å². The lowest BCUT2D eigenvalue weighted by Crippen LogP contribution is -2.11. The Morgan fingerprint density at radius 2 is 1.41 bits per heavy atom. The van der Waals surface area contributed by atoms with Gasteiger partial charge in [-0.1, -0.05) is 48.5 Å². The van der Waals surface area contributed by atoms with Gasteiger partial charge in [0.1, 0.15) is 17.2 Å². The van der Waals surface area contributed by atoms with Crippen molar-refractivity contribution in [1.82, 2.24) is 0 Å². The summed E-state index contributed by atoms with van der Waals surface area (Å²) in [6.45, 7) is 0. The molecule has 1 aliphatic heterocycles. The predicted octanol–water partition coefficient (Wildman–Crippen LogP) is 4.98. The number of ether oxygens (including phenoxy) is 2. The first kappa shape index (κ1) is 13.0. The first-order valence-corrected chi connectivity index (χ1v) is 7.36. The number of hydrogen-bond donors (Lipinski definition) is 0. The summed E-state index contributed by atoms with van der Waals surface area (Å²) in [5.41, 5.74) is 3.59. The van der Waals surface area contributed by atoms with Crippen LogP contribution in [0.3, 0.4) is 0 Å². The van der Waals surface area contributed by atoms with Gasteiger partial charge in [0.05, 0.1) is 7.11 Å². The van der Waals surface area contributed by atoms with Gasteiger partial charge in [-0.15, -0.1) is 0 Å². The second-order valence-corrected chi connectivity index (χ2v) is 5.39. The van der Waals surface area contributed by atoms with E-state index in [-0.39, 0.29) is 5.92 Å². The monoisotopic (exact) mass is 288 g/mol. The van der Waals surface area contributed by atoms with E-state index in [0.717, 1.165) is 17.2 Å². The molecule has 22 heavy (non-hydrogen) atoms. The molecule has 1 aliphatic rings. The minimum Gasteiger partial charge on any atom is -0.497 e. The first-order valence-electron chi connectivity index (χ1n) is 7.36. The number of benzene rings is 3. The van der Waals surface area contributed by atoms with Crippen molar-refractivity contribution in [1.29, 1.82) is 0 Å². The van der Waals surface area contributed by atoms with E-state index in [1.807, 2.05) is 36.4 Å². The van der Waals surface area contributed by atoms with Gasteiger partial charge in [-0.3, -0.25) is 0 Å². The van der Waals surface area contributed by atoms with Crippen molar-refractivity contribution in [2.24, 2.45) is 0 Å². The highest BCUT2D eigenvalue weighted by Crippen LogP contribution is 2.47. The van der Waals surface area contributed by atoms with Gasteiger partial charge in [0.2, 0.25) is 0 Å². The number of rotatable bonds is 2. The fourth-order valence-electron chi connectivity index (χ4n) is 3.09. The Labute approximate surface area is 129 Å². The zero-order chi connectivity index (χ0) is 14.9. The van der Waals surface area contributed by atoms with E-state index in [1.165, 1.54) is 16.7 Å². The fourth-order valence-corrected chi connectivity index (χ4v) is 3.09. The van der Waals surface area contributed by atoms with Crippen LogP contribution in [0.5, 0.6) is 17.2 Å². The smallest absolute Gasteiger partial charge is 0.131 e. The molecule has 0 N–H and O–H groups in total. The summed E-state index contributed by atoms with van der Waals surface area (Å²) in [7, 11) is 1.70. The molecule has 4 rings (SSSR count). The Morgan fingerprint density at radius 1 is 0.773 bits per heavy atom. The van der Waals surface area contributed by atoms with Crippen LogP contribution in [0.1, 0.15) is 22.6 Å². The first-order chi connectivity index (χ1) is 10.9. The molecule has 0 aliphatic carbocycles. The van der Waals surface area contributed by atoms with Gasteiger partial charge in [0.25, 0.3) is 0 Å². The third-order valence-corrected chi connectivity index (χ3v) is 4.11. The second-order valence-electron chi connectivity index (χ2n) is 5.39. The maximum absolute atomic E-state index is 6.05. The molecule has 1 heterocycles. The summed E-state index contributed by atoms with van der Waals surface area (Å²) in [6.07, 6.45) is 0. The Morgan fingerprint density at radius 3 is 2.05 bits per heavy atom. The maximum atomic E-state index is 6.05. The molecular formula is C20H16O2. The highest BCUT2D eigenvalue weighted by Gasteiger charge is 2.28. The Bertz CT molecular complexity index is 778. The van der Waals surface area contributed by atoms with Crippen LogP contribution in [0, 0.1) is 0 Å². The lowest BCUT2D eigenvalue weighted by molar-refractivity contribution is 0.413. The van der Waals surface area contributed by atoms with E-state index in [4.69, 9.17) is 9.47 Å². The molecule has 3 aromatic carbocycles. The Hall–Kier alpha value is -2.74. The molecule has 0 bridgehead atoms. The molecular weight excluding hydrogens is 272 g/mol. The standard InChI is InChI=1S/C20H16O2/c1-21-15-8-6-7-14(13-15)20-16-9-2-4-11-18(16)22-19-12-5-3-10-17(19)20/h2-13,20H,1H3. The molecule has 0 unspecified atom stereocenters. The topological polar surface area (TPSA) is 18.5 Å². The van der Waals surface area contributed by atoms with Crippen LogP contribution >= 0.6 is 0 Å². The van der Waals surface area contributed by atoms with E-state index in [2.05, 4.69) is 36.4 Å². The number of methoxy groups -OCH3 is 1. The SMILES string of the molecule is COc1cccc(C2c3ccccc3Oc3ccccc32)c1. The summed E-state index contributed by atoms with van der Waals surface area (Å²) in [4.78, 5) is 0. The molecule has 108 valence electrons. The van der Waals surface area contributed by atoms with Gasteiger partial charge in [0, 0.05) is 17.0 Å². The van der Waals surface area contributed by atoms with Crippen LogP contribution in [0.15, 0.2) is 72.8 Å². The maximum Gasteiger partial charge on any atom is 0.131 e. The van der Waals surface area contributed by atoms with Crippen molar-refractivity contribution in [3.05, 3.63) is 89.5 Å². The molecule has 2 nitrogen and oxygen atoms in total. The lowest BCUT2D eigenvalue weighted by Gasteiger charge is -2.28. The summed E-state index contributed by atoms with van der Waals surface area (Å²) in [5, 5.41) is 0. The van der Waals surface area contributed by atoms with Crippen molar-refractivity contribution < 1.29 is 9.47 Å². The zero-order valence-corrected chi connectivity index (χ0v) is 12.3. The van der Waals surface area contributed by atoms with Crippen LogP contribution in [-0.4, -0.2) is 7.11 Å². The molecule has 2 heteroatoms. The Kier molecular flexibility index (Phi) is 3.08. The minimum atomic E-state index is 0.163. The van der Waals surface area contributed by atoms with E-state index in [1.54, 1.807) is 7.11 Å². The minimum absolute atomic E-state index is 0.163. The van der Waals surface area contributed by atoms with Gasteiger partial charge in [-0.25, -0.2) is 0 Å². The van der Waals surface area contributed by atoms with Gasteiger partial charge >= 0.3 is 0 Å². The zero-order valence-electron chi connectivity index (χ0n) is 12.3. The van der Waals surface area contributed by atoms with Crippen molar-refractivity contribution in [3.63, 3.8) is 0 Å². The fraction of sp³-hybridized carbons (Fsp3) is 0.100. The van der Waals surface area contributed by atoms with Gasteiger partial charge < -0.3 is 9.47 Å². The molecule has 0 fully saturated rings. The molecule has 0 radical (unpaired) electrons. The largest absolute Gasteiger partial charge is 0.497 e. The normalized spacial score (nSPS) is 13.0. The molecule has 0 atom stereocenters. The molecule has 0 amide bonds. The third kappa shape index (κ3) is 2.04. The average Bonchev–Trinajstić information content (AvgIpc) is 2.59. The van der Waals surface area contributed by atoms with Crippen LogP contribution in [0.2, 0.25) is 0 Å². The van der Waals surface area contributed by atoms with E-state index >= 15 is 0 Å². The van der Waals surface area contributed by atoms with Crippen LogP contribution in [0.4, 0.5) is 0 Å². The molecule has 0 spiro atoms. The predicted molar refractivity (Wildman–Crippen MR) is 86.9 cm³/mol. The van der Waals surface area contributed by atoms with Gasteiger partial charge in [-0.05, 0) is 29.8 Å². The van der Waals surface area contributed by atoms with Crippen LogP contribution in [-0.2, 0) is 0 Å². The summed E-state index contributed by atoms with van der Waals surface area (Å²) in [5.74, 6) is 2.89. The average molecular weight is 288 g/mol. The highest BCUT2D eigenvalue weighted by molar-refractivity contribution is 5.58. The van der Waals surface area contributed by atoms with Crippen molar-refractivity contribution in [2.75, 3.05) is 7.11 Å². The molecule has 0 saturated carbocycles. The van der Waals surface area contributed by atoms with Crippen LogP contribution in [0.25, 0.3) is 0 Å². The number of hydrogen-bond acceptors (Lipinski definition) is 2. The lowest BCUT2D eigenvalue weighted by atomic mass is 9.82. The number of para-hydroxylation sites is 2. The molecule has 0 saturated heterocycles. The number of fused-ring (bicyclic) bond motifs is 2.